The minimum atomic E-state index is -0.557. The molecule has 2 heterocycles. The number of rotatable bonds is 7. The lowest BCUT2D eigenvalue weighted by Crippen LogP contribution is -2.43. The molecule has 3 rings (SSSR count). The maximum atomic E-state index is 12.8. The number of anilines is 1. The fraction of sp³-hybridized carbons (Fsp3) is 0.524. The molecular weight excluding hydrogens is 374 g/mol. The van der Waals surface area contributed by atoms with Crippen molar-refractivity contribution in [3.05, 3.63) is 17.8 Å². The number of esters is 1. The molecule has 1 atom stereocenters. The van der Waals surface area contributed by atoms with Gasteiger partial charge in [-0.3, -0.25) is 9.69 Å². The maximum absolute atomic E-state index is 12.8. The van der Waals surface area contributed by atoms with E-state index in [1.165, 1.54) is 20.6 Å². The monoisotopic (exact) mass is 403 g/mol. The highest BCUT2D eigenvalue weighted by molar-refractivity contribution is 6.11. The van der Waals surface area contributed by atoms with Gasteiger partial charge in [-0.25, -0.2) is 4.79 Å². The summed E-state index contributed by atoms with van der Waals surface area (Å²) in [5.74, 6) is 0.313. The zero-order valence-electron chi connectivity index (χ0n) is 17.5. The van der Waals surface area contributed by atoms with E-state index in [-0.39, 0.29) is 11.6 Å². The van der Waals surface area contributed by atoms with Crippen molar-refractivity contribution in [3.8, 4) is 11.5 Å². The third-order valence-electron chi connectivity index (χ3n) is 5.52. The molecule has 0 bridgehead atoms. The number of aromatic nitrogens is 1. The van der Waals surface area contributed by atoms with Crippen LogP contribution in [0.25, 0.3) is 10.9 Å². The number of methoxy groups -OCH3 is 3. The zero-order chi connectivity index (χ0) is 21.0. The van der Waals surface area contributed by atoms with Crippen molar-refractivity contribution < 1.29 is 23.8 Å². The number of ether oxygens (including phenoxy) is 3. The van der Waals surface area contributed by atoms with Crippen LogP contribution < -0.4 is 14.8 Å². The first-order valence-corrected chi connectivity index (χ1v) is 9.92. The zero-order valence-corrected chi connectivity index (χ0v) is 17.5. The first-order valence-electron chi connectivity index (χ1n) is 9.92. The average molecular weight is 403 g/mol. The van der Waals surface area contributed by atoms with Gasteiger partial charge in [-0.15, -0.1) is 0 Å². The van der Waals surface area contributed by atoms with Gasteiger partial charge in [-0.1, -0.05) is 13.3 Å². The molecule has 2 N–H and O–H groups in total. The Bertz CT molecular complexity index is 892. The Kier molecular flexibility index (Phi) is 6.64. The summed E-state index contributed by atoms with van der Waals surface area (Å²) in [4.78, 5) is 30.4. The second kappa shape index (κ2) is 9.17. The predicted octanol–water partition coefficient (Wildman–Crippen LogP) is 3.17. The number of benzene rings is 1. The van der Waals surface area contributed by atoms with Gasteiger partial charge in [-0.05, 0) is 31.9 Å². The number of nitrogens with one attached hydrogen (secondary N) is 2. The van der Waals surface area contributed by atoms with Crippen molar-refractivity contribution >= 4 is 28.5 Å². The normalized spacial score (nSPS) is 17.2. The molecular formula is C21H29N3O5. The van der Waals surface area contributed by atoms with E-state index in [9.17, 15) is 9.59 Å². The van der Waals surface area contributed by atoms with Gasteiger partial charge < -0.3 is 24.5 Å². The Labute approximate surface area is 170 Å². The Hall–Kier alpha value is -2.74. The molecule has 0 aliphatic carbocycles. The summed E-state index contributed by atoms with van der Waals surface area (Å²) < 4.78 is 15.6. The van der Waals surface area contributed by atoms with Crippen LogP contribution >= 0.6 is 0 Å². The summed E-state index contributed by atoms with van der Waals surface area (Å²) >= 11 is 0. The van der Waals surface area contributed by atoms with Gasteiger partial charge in [-0.2, -0.15) is 0 Å². The summed E-state index contributed by atoms with van der Waals surface area (Å²) in [6.07, 6.45) is 4.43. The van der Waals surface area contributed by atoms with Gasteiger partial charge in [0.05, 0.1) is 39.1 Å². The number of aromatic amines is 1. The molecule has 0 spiro atoms. The first-order chi connectivity index (χ1) is 14.0. The quantitative estimate of drug-likeness (QED) is 0.690. The number of H-pyrrole nitrogens is 1. The van der Waals surface area contributed by atoms with Crippen LogP contribution in [0, 0.1) is 0 Å². The van der Waals surface area contributed by atoms with Gasteiger partial charge in [0, 0.05) is 17.5 Å². The Morgan fingerprint density at radius 3 is 2.55 bits per heavy atom. The lowest BCUT2D eigenvalue weighted by Gasteiger charge is -2.34. The molecule has 8 heteroatoms. The molecule has 158 valence electrons. The third-order valence-corrected chi connectivity index (χ3v) is 5.52. The maximum Gasteiger partial charge on any atom is 0.356 e. The molecule has 1 fully saturated rings. The summed E-state index contributed by atoms with van der Waals surface area (Å²) in [7, 11) is 4.39. The third kappa shape index (κ3) is 4.32. The van der Waals surface area contributed by atoms with Crippen molar-refractivity contribution in [1.29, 1.82) is 0 Å². The summed E-state index contributed by atoms with van der Waals surface area (Å²) in [6.45, 7) is 3.35. The van der Waals surface area contributed by atoms with Gasteiger partial charge in [0.2, 0.25) is 5.91 Å². The standard InChI is InChI=1S/C21H29N3O5/c1-5-13-8-6-7-9-24(13)12-18(25)23-19-14-10-16(27-2)17(28-3)11-15(14)22-20(19)21(26)29-4/h10-11,13,22H,5-9,12H2,1-4H3,(H,23,25)/t13-/m1/s1. The predicted molar refractivity (Wildman–Crippen MR) is 111 cm³/mol. The molecule has 1 aliphatic rings. The summed E-state index contributed by atoms with van der Waals surface area (Å²) in [6, 6.07) is 3.89. The minimum Gasteiger partial charge on any atom is -0.493 e. The summed E-state index contributed by atoms with van der Waals surface area (Å²) in [5.41, 5.74) is 1.22. The van der Waals surface area contributed by atoms with Crippen LogP contribution in [0.15, 0.2) is 12.1 Å². The van der Waals surface area contributed by atoms with Crippen LogP contribution in [0.3, 0.4) is 0 Å². The lowest BCUT2D eigenvalue weighted by atomic mass is 10.00. The molecule has 1 amide bonds. The molecule has 0 saturated carbocycles. The second-order valence-corrected chi connectivity index (χ2v) is 7.20. The lowest BCUT2D eigenvalue weighted by molar-refractivity contribution is -0.118. The average Bonchev–Trinajstić information content (AvgIpc) is 3.09. The van der Waals surface area contributed by atoms with Crippen LogP contribution in [0.4, 0.5) is 5.69 Å². The molecule has 1 aliphatic heterocycles. The van der Waals surface area contributed by atoms with E-state index < -0.39 is 5.97 Å². The van der Waals surface area contributed by atoms with E-state index in [0.717, 1.165) is 25.8 Å². The molecule has 2 aromatic rings. The van der Waals surface area contributed by atoms with Gasteiger partial charge in [0.15, 0.2) is 11.5 Å². The van der Waals surface area contributed by atoms with Crippen molar-refractivity contribution in [1.82, 2.24) is 9.88 Å². The number of fused-ring (bicyclic) bond motifs is 1. The van der Waals surface area contributed by atoms with Gasteiger partial charge in [0.1, 0.15) is 5.69 Å². The van der Waals surface area contributed by atoms with Crippen molar-refractivity contribution in [2.75, 3.05) is 39.7 Å². The van der Waals surface area contributed by atoms with E-state index in [1.54, 1.807) is 19.2 Å². The number of hydrogen-bond donors (Lipinski definition) is 2. The Morgan fingerprint density at radius 1 is 1.17 bits per heavy atom. The smallest absolute Gasteiger partial charge is 0.356 e. The molecule has 1 saturated heterocycles. The fourth-order valence-electron chi connectivity index (χ4n) is 4.00. The van der Waals surface area contributed by atoms with E-state index in [4.69, 9.17) is 14.2 Å². The number of amides is 1. The largest absolute Gasteiger partial charge is 0.493 e. The molecule has 0 unspecified atom stereocenters. The number of hydrogen-bond acceptors (Lipinski definition) is 6. The van der Waals surface area contributed by atoms with Crippen LogP contribution in [0.1, 0.15) is 43.1 Å². The molecule has 29 heavy (non-hydrogen) atoms. The molecule has 8 nitrogen and oxygen atoms in total. The Balaban J connectivity index is 1.93. The van der Waals surface area contributed by atoms with Crippen molar-refractivity contribution in [3.63, 3.8) is 0 Å². The Morgan fingerprint density at radius 2 is 1.90 bits per heavy atom. The first kappa shape index (κ1) is 21.0. The van der Waals surface area contributed by atoms with E-state index in [1.807, 2.05) is 0 Å². The van der Waals surface area contributed by atoms with E-state index >= 15 is 0 Å². The topological polar surface area (TPSA) is 92.9 Å². The highest BCUT2D eigenvalue weighted by Gasteiger charge is 2.26. The van der Waals surface area contributed by atoms with Crippen molar-refractivity contribution in [2.24, 2.45) is 0 Å². The minimum absolute atomic E-state index is 0.161. The second-order valence-electron chi connectivity index (χ2n) is 7.20. The van der Waals surface area contributed by atoms with Crippen LogP contribution in [0.5, 0.6) is 11.5 Å². The number of carbonyl (C=O) groups is 2. The van der Waals surface area contributed by atoms with Gasteiger partial charge in [0.25, 0.3) is 0 Å². The molecule has 1 aromatic carbocycles. The van der Waals surface area contributed by atoms with Crippen LogP contribution in [0.2, 0.25) is 0 Å². The summed E-state index contributed by atoms with van der Waals surface area (Å²) in [5, 5.41) is 3.58. The highest BCUT2D eigenvalue weighted by Crippen LogP contribution is 2.37. The van der Waals surface area contributed by atoms with Crippen LogP contribution in [-0.2, 0) is 9.53 Å². The number of carbonyl (C=O) groups excluding carboxylic acids is 2. The molecule has 1 aromatic heterocycles. The van der Waals surface area contributed by atoms with E-state index in [0.29, 0.717) is 40.7 Å². The van der Waals surface area contributed by atoms with E-state index in [2.05, 4.69) is 22.1 Å². The van der Waals surface area contributed by atoms with Gasteiger partial charge >= 0.3 is 5.97 Å². The molecule has 0 radical (unpaired) electrons. The SMILES string of the molecule is CC[C@@H]1CCCCN1CC(=O)Nc1c(C(=O)OC)[nH]c2cc(OC)c(OC)cc12. The number of piperidine rings is 1. The number of nitrogens with zero attached hydrogens (tertiary/aromatic N) is 1. The highest BCUT2D eigenvalue weighted by atomic mass is 16.5. The van der Waals surface area contributed by atoms with Crippen molar-refractivity contribution in [2.45, 2.75) is 38.6 Å². The number of likely N-dealkylation sites (tertiary alicyclic amines) is 1. The fourth-order valence-corrected chi connectivity index (χ4v) is 4.00. The van der Waals surface area contributed by atoms with Crippen LogP contribution in [-0.4, -0.2) is 62.2 Å².